The predicted octanol–water partition coefficient (Wildman–Crippen LogP) is 1.58. The van der Waals surface area contributed by atoms with Gasteiger partial charge in [-0.1, -0.05) is 29.8 Å². The number of benzene rings is 1. The Hall–Kier alpha value is -1.55. The molecule has 5 heteroatoms. The summed E-state index contributed by atoms with van der Waals surface area (Å²) in [5.41, 5.74) is 0.897. The Bertz CT molecular complexity index is 476. The quantitative estimate of drug-likeness (QED) is 0.884. The highest BCUT2D eigenvalue weighted by Gasteiger charge is 2.26. The van der Waals surface area contributed by atoms with Crippen LogP contribution in [0.4, 0.5) is 0 Å². The van der Waals surface area contributed by atoms with E-state index in [1.807, 2.05) is 18.2 Å². The average Bonchev–Trinajstić information content (AvgIpc) is 2.45. The Labute approximate surface area is 111 Å². The van der Waals surface area contributed by atoms with Crippen LogP contribution in [0.3, 0.4) is 0 Å². The van der Waals surface area contributed by atoms with Crippen molar-refractivity contribution in [1.29, 1.82) is 0 Å². The third kappa shape index (κ3) is 2.82. The molecule has 2 amide bonds. The second-order valence-electron chi connectivity index (χ2n) is 4.39. The van der Waals surface area contributed by atoms with Gasteiger partial charge in [0.15, 0.2) is 0 Å². The van der Waals surface area contributed by atoms with E-state index in [-0.39, 0.29) is 11.8 Å². The molecular weight excluding hydrogens is 252 g/mol. The Balaban J connectivity index is 2.15. The van der Waals surface area contributed by atoms with E-state index in [2.05, 4.69) is 5.32 Å². The fraction of sp³-hybridized carbons (Fsp3) is 0.385. The van der Waals surface area contributed by atoms with Crippen molar-refractivity contribution in [1.82, 2.24) is 10.2 Å². The van der Waals surface area contributed by atoms with Gasteiger partial charge in [-0.25, -0.2) is 0 Å². The van der Waals surface area contributed by atoms with Crippen molar-refractivity contribution in [2.75, 3.05) is 6.54 Å². The molecule has 1 aromatic carbocycles. The van der Waals surface area contributed by atoms with Crippen molar-refractivity contribution in [3.8, 4) is 0 Å². The largest absolute Gasteiger partial charge is 0.345 e. The maximum atomic E-state index is 12.1. The molecular formula is C13H15ClN2O2. The molecule has 0 radical (unpaired) electrons. The molecule has 1 N–H and O–H groups in total. The number of amides is 2. The fourth-order valence-corrected chi connectivity index (χ4v) is 2.18. The van der Waals surface area contributed by atoms with Gasteiger partial charge < -0.3 is 10.2 Å². The standard InChI is InChI=1S/C13H15ClN2O2/c1-9-13(18)16(7-6-12(17)15-9)8-10-4-2-3-5-11(10)14/h2-5,9H,6-8H2,1H3,(H,15,17). The first-order valence-electron chi connectivity index (χ1n) is 5.89. The van der Waals surface area contributed by atoms with Gasteiger partial charge in [0.05, 0.1) is 0 Å². The van der Waals surface area contributed by atoms with Gasteiger partial charge in [0.25, 0.3) is 0 Å². The van der Waals surface area contributed by atoms with Crippen LogP contribution in [-0.4, -0.2) is 29.3 Å². The van der Waals surface area contributed by atoms with Gasteiger partial charge in [-0.05, 0) is 18.6 Å². The van der Waals surface area contributed by atoms with Gasteiger partial charge in [-0.2, -0.15) is 0 Å². The molecule has 1 aromatic rings. The van der Waals surface area contributed by atoms with E-state index in [4.69, 9.17) is 11.6 Å². The smallest absolute Gasteiger partial charge is 0.245 e. The summed E-state index contributed by atoms with van der Waals surface area (Å²) < 4.78 is 0. The van der Waals surface area contributed by atoms with Gasteiger partial charge >= 0.3 is 0 Å². The molecule has 1 aliphatic rings. The van der Waals surface area contributed by atoms with Crippen LogP contribution in [0.15, 0.2) is 24.3 Å². The zero-order valence-corrected chi connectivity index (χ0v) is 10.9. The van der Waals surface area contributed by atoms with E-state index in [9.17, 15) is 9.59 Å². The molecule has 0 spiro atoms. The summed E-state index contributed by atoms with van der Waals surface area (Å²) in [6.45, 7) is 2.57. The normalized spacial score (nSPS) is 20.6. The van der Waals surface area contributed by atoms with Crippen molar-refractivity contribution in [3.05, 3.63) is 34.9 Å². The second kappa shape index (κ2) is 5.40. The first-order valence-corrected chi connectivity index (χ1v) is 6.27. The lowest BCUT2D eigenvalue weighted by Gasteiger charge is -2.22. The van der Waals surface area contributed by atoms with E-state index in [0.29, 0.717) is 24.5 Å². The molecule has 1 saturated heterocycles. The summed E-state index contributed by atoms with van der Waals surface area (Å²) in [6, 6.07) is 6.95. The summed E-state index contributed by atoms with van der Waals surface area (Å²) in [6.07, 6.45) is 0.334. The number of nitrogens with zero attached hydrogens (tertiary/aromatic N) is 1. The lowest BCUT2D eigenvalue weighted by Crippen LogP contribution is -2.42. The van der Waals surface area contributed by atoms with Crippen LogP contribution in [0.1, 0.15) is 18.9 Å². The van der Waals surface area contributed by atoms with E-state index in [1.54, 1.807) is 17.9 Å². The van der Waals surface area contributed by atoms with Crippen LogP contribution in [-0.2, 0) is 16.1 Å². The van der Waals surface area contributed by atoms with Crippen LogP contribution >= 0.6 is 11.6 Å². The van der Waals surface area contributed by atoms with Crippen molar-refractivity contribution < 1.29 is 9.59 Å². The number of nitrogens with one attached hydrogen (secondary N) is 1. The predicted molar refractivity (Wildman–Crippen MR) is 69.1 cm³/mol. The molecule has 1 heterocycles. The van der Waals surface area contributed by atoms with E-state index < -0.39 is 6.04 Å². The van der Waals surface area contributed by atoms with Gasteiger partial charge in [0.1, 0.15) is 6.04 Å². The maximum Gasteiger partial charge on any atom is 0.245 e. The van der Waals surface area contributed by atoms with Gasteiger partial charge in [0, 0.05) is 24.5 Å². The highest BCUT2D eigenvalue weighted by molar-refractivity contribution is 6.31. The first-order chi connectivity index (χ1) is 8.58. The zero-order chi connectivity index (χ0) is 13.1. The van der Waals surface area contributed by atoms with Crippen molar-refractivity contribution in [2.24, 2.45) is 0 Å². The summed E-state index contributed by atoms with van der Waals surface area (Å²) in [4.78, 5) is 25.1. The monoisotopic (exact) mass is 266 g/mol. The fourth-order valence-electron chi connectivity index (χ4n) is 1.99. The summed E-state index contributed by atoms with van der Waals surface area (Å²) in [5.74, 6) is -0.154. The summed E-state index contributed by atoms with van der Waals surface area (Å²) >= 11 is 6.08. The Kier molecular flexibility index (Phi) is 3.87. The number of hydrogen-bond donors (Lipinski definition) is 1. The van der Waals surface area contributed by atoms with Crippen LogP contribution < -0.4 is 5.32 Å². The molecule has 96 valence electrons. The Morgan fingerprint density at radius 3 is 2.83 bits per heavy atom. The van der Waals surface area contributed by atoms with Crippen molar-refractivity contribution in [2.45, 2.75) is 25.9 Å². The number of hydrogen-bond acceptors (Lipinski definition) is 2. The lowest BCUT2D eigenvalue weighted by atomic mass is 10.2. The third-order valence-corrected chi connectivity index (χ3v) is 3.36. The van der Waals surface area contributed by atoms with Gasteiger partial charge in [-0.3, -0.25) is 9.59 Å². The molecule has 1 fully saturated rings. The third-order valence-electron chi connectivity index (χ3n) is 2.99. The molecule has 1 aliphatic heterocycles. The van der Waals surface area contributed by atoms with E-state index in [1.165, 1.54) is 0 Å². The maximum absolute atomic E-state index is 12.1. The molecule has 0 aromatic heterocycles. The highest BCUT2D eigenvalue weighted by Crippen LogP contribution is 2.18. The van der Waals surface area contributed by atoms with E-state index >= 15 is 0 Å². The van der Waals surface area contributed by atoms with Crippen LogP contribution in [0.5, 0.6) is 0 Å². The molecule has 0 aliphatic carbocycles. The first kappa shape index (κ1) is 12.9. The van der Waals surface area contributed by atoms with Gasteiger partial charge in [-0.15, -0.1) is 0 Å². The summed E-state index contributed by atoms with van der Waals surface area (Å²) in [7, 11) is 0. The minimum atomic E-state index is -0.470. The SMILES string of the molecule is CC1NC(=O)CCN(Cc2ccccc2Cl)C1=O. The number of halogens is 1. The van der Waals surface area contributed by atoms with Crippen LogP contribution in [0.25, 0.3) is 0 Å². The average molecular weight is 267 g/mol. The molecule has 0 saturated carbocycles. The summed E-state index contributed by atoms with van der Waals surface area (Å²) in [5, 5.41) is 3.30. The second-order valence-corrected chi connectivity index (χ2v) is 4.80. The minimum absolute atomic E-state index is 0.0687. The number of carbonyl (C=O) groups excluding carboxylic acids is 2. The minimum Gasteiger partial charge on any atom is -0.345 e. The van der Waals surface area contributed by atoms with Crippen LogP contribution in [0.2, 0.25) is 5.02 Å². The van der Waals surface area contributed by atoms with Crippen molar-refractivity contribution >= 4 is 23.4 Å². The molecule has 2 rings (SSSR count). The number of rotatable bonds is 2. The zero-order valence-electron chi connectivity index (χ0n) is 10.1. The van der Waals surface area contributed by atoms with Crippen LogP contribution in [0, 0.1) is 0 Å². The highest BCUT2D eigenvalue weighted by atomic mass is 35.5. The van der Waals surface area contributed by atoms with Crippen molar-refractivity contribution in [3.63, 3.8) is 0 Å². The number of carbonyl (C=O) groups is 2. The molecule has 1 atom stereocenters. The molecule has 4 nitrogen and oxygen atoms in total. The molecule has 1 unspecified atom stereocenters. The molecule has 0 bridgehead atoms. The van der Waals surface area contributed by atoms with E-state index in [0.717, 1.165) is 5.56 Å². The lowest BCUT2D eigenvalue weighted by molar-refractivity contribution is -0.133. The Morgan fingerprint density at radius 1 is 1.39 bits per heavy atom. The topological polar surface area (TPSA) is 49.4 Å². The molecule has 18 heavy (non-hydrogen) atoms. The Morgan fingerprint density at radius 2 is 2.11 bits per heavy atom. The van der Waals surface area contributed by atoms with Gasteiger partial charge in [0.2, 0.25) is 11.8 Å².